The molecule has 2 nitrogen and oxygen atoms in total. The van der Waals surface area contributed by atoms with E-state index in [0.717, 1.165) is 9.99 Å². The molecule has 0 radical (unpaired) electrons. The Morgan fingerprint density at radius 2 is 1.89 bits per heavy atom. The molecule has 0 aliphatic carbocycles. The van der Waals surface area contributed by atoms with Gasteiger partial charge in [0.2, 0.25) is 0 Å². The molecule has 96 valence electrons. The molecule has 0 aromatic heterocycles. The summed E-state index contributed by atoms with van der Waals surface area (Å²) in [6.07, 6.45) is 0.754. The van der Waals surface area contributed by atoms with Crippen LogP contribution in [0.4, 0.5) is 0 Å². The van der Waals surface area contributed by atoms with Crippen molar-refractivity contribution in [3.63, 3.8) is 0 Å². The van der Waals surface area contributed by atoms with Crippen LogP contribution in [-0.4, -0.2) is 11.2 Å². The van der Waals surface area contributed by atoms with Crippen molar-refractivity contribution in [1.29, 1.82) is 0 Å². The van der Waals surface area contributed by atoms with Gasteiger partial charge in [-0.3, -0.25) is 4.79 Å². The maximum absolute atomic E-state index is 12.1. The fraction of sp³-hybridized carbons (Fsp3) is 0.133. The third kappa shape index (κ3) is 2.95. The molecule has 2 aromatic carbocycles. The molecule has 4 heteroatoms. The van der Waals surface area contributed by atoms with E-state index in [1.54, 1.807) is 11.8 Å². The Morgan fingerprint density at radius 1 is 1.16 bits per heavy atom. The number of carbonyl (C=O) groups is 1. The van der Waals surface area contributed by atoms with E-state index in [9.17, 15) is 4.79 Å². The second kappa shape index (κ2) is 5.54. The van der Waals surface area contributed by atoms with Crippen LogP contribution in [0.15, 0.2) is 53.4 Å². The highest BCUT2D eigenvalue weighted by Gasteiger charge is 2.29. The van der Waals surface area contributed by atoms with Crippen LogP contribution in [0.3, 0.4) is 0 Å². The zero-order valence-corrected chi connectivity index (χ0v) is 13.0. The quantitative estimate of drug-likeness (QED) is 0.448. The van der Waals surface area contributed by atoms with Crippen LogP contribution in [0.2, 0.25) is 0 Å². The molecule has 0 amide bonds. The summed E-state index contributed by atoms with van der Waals surface area (Å²) in [7, 11) is 0. The second-order valence-corrected chi connectivity index (χ2v) is 6.78. The number of halogens is 1. The van der Waals surface area contributed by atoms with Crippen molar-refractivity contribution in [2.24, 2.45) is 0 Å². The fourth-order valence-corrected chi connectivity index (χ4v) is 3.53. The van der Waals surface area contributed by atoms with Crippen molar-refractivity contribution in [3.05, 3.63) is 57.7 Å². The van der Waals surface area contributed by atoms with Gasteiger partial charge in [0.15, 0.2) is 0 Å². The van der Waals surface area contributed by atoms with Crippen LogP contribution in [0.5, 0.6) is 5.75 Å². The summed E-state index contributed by atoms with van der Waals surface area (Å²) < 4.78 is 6.55. The molecule has 1 atom stereocenters. The molecule has 0 N–H and O–H groups in total. The zero-order valence-electron chi connectivity index (χ0n) is 10.0. The van der Waals surface area contributed by atoms with Gasteiger partial charge in [-0.15, -0.1) is 11.8 Å². The standard InChI is InChI=1S/C15H11IO2S/c16-11-5-7-12(8-6-11)18-15(17)14-9-10-3-1-2-4-13(10)19-14/h1-8,14H,9H2. The Bertz CT molecular complexity index is 585. The Labute approximate surface area is 129 Å². The number of hydrogen-bond donors (Lipinski definition) is 0. The van der Waals surface area contributed by atoms with Crippen molar-refractivity contribution >= 4 is 40.3 Å². The monoisotopic (exact) mass is 382 g/mol. The summed E-state index contributed by atoms with van der Waals surface area (Å²) in [5.41, 5.74) is 1.23. The van der Waals surface area contributed by atoms with E-state index in [4.69, 9.17) is 4.74 Å². The van der Waals surface area contributed by atoms with Crippen molar-refractivity contribution in [1.82, 2.24) is 0 Å². The molecule has 2 aromatic rings. The number of hydrogen-bond acceptors (Lipinski definition) is 3. The molecule has 1 heterocycles. The van der Waals surface area contributed by atoms with E-state index in [1.807, 2.05) is 36.4 Å². The molecule has 0 spiro atoms. The van der Waals surface area contributed by atoms with E-state index >= 15 is 0 Å². The van der Waals surface area contributed by atoms with Gasteiger partial charge in [0.05, 0.1) is 0 Å². The number of ether oxygens (including phenoxy) is 1. The first kappa shape index (κ1) is 13.0. The average molecular weight is 382 g/mol. The predicted octanol–water partition coefficient (Wildman–Crippen LogP) is 3.91. The summed E-state index contributed by atoms with van der Waals surface area (Å²) >= 11 is 3.81. The molecule has 0 bridgehead atoms. The fourth-order valence-electron chi connectivity index (χ4n) is 2.00. The van der Waals surface area contributed by atoms with Crippen molar-refractivity contribution in [2.45, 2.75) is 16.6 Å². The minimum Gasteiger partial charge on any atom is -0.426 e. The van der Waals surface area contributed by atoms with Gasteiger partial charge < -0.3 is 4.74 Å². The lowest BCUT2D eigenvalue weighted by molar-refractivity contribution is -0.133. The molecule has 1 aliphatic rings. The molecule has 3 rings (SSSR count). The SMILES string of the molecule is O=C(Oc1ccc(I)cc1)C1Cc2ccccc2S1. The highest BCUT2D eigenvalue weighted by molar-refractivity contribution is 14.1. The summed E-state index contributed by atoms with van der Waals surface area (Å²) in [4.78, 5) is 13.3. The minimum atomic E-state index is -0.164. The average Bonchev–Trinajstić information content (AvgIpc) is 2.85. The number of benzene rings is 2. The summed E-state index contributed by atoms with van der Waals surface area (Å²) in [6.45, 7) is 0. The predicted molar refractivity (Wildman–Crippen MR) is 84.6 cm³/mol. The van der Waals surface area contributed by atoms with Gasteiger partial charge >= 0.3 is 5.97 Å². The second-order valence-electron chi connectivity index (χ2n) is 4.29. The van der Waals surface area contributed by atoms with E-state index in [2.05, 4.69) is 34.7 Å². The summed E-state index contributed by atoms with van der Waals surface area (Å²) in [5.74, 6) is 0.449. The zero-order chi connectivity index (χ0) is 13.2. The molecule has 0 saturated heterocycles. The Kier molecular flexibility index (Phi) is 3.79. The minimum absolute atomic E-state index is 0.128. The van der Waals surface area contributed by atoms with Crippen LogP contribution in [-0.2, 0) is 11.2 Å². The topological polar surface area (TPSA) is 26.3 Å². The lowest BCUT2D eigenvalue weighted by Gasteiger charge is -2.08. The van der Waals surface area contributed by atoms with Crippen LogP contribution in [0.1, 0.15) is 5.56 Å². The molecule has 0 saturated carbocycles. The first-order valence-electron chi connectivity index (χ1n) is 5.94. The van der Waals surface area contributed by atoms with E-state index in [-0.39, 0.29) is 11.2 Å². The largest absolute Gasteiger partial charge is 0.426 e. The van der Waals surface area contributed by atoms with E-state index < -0.39 is 0 Å². The number of carbonyl (C=O) groups excluding carboxylic acids is 1. The Balaban J connectivity index is 1.68. The van der Waals surface area contributed by atoms with E-state index in [1.165, 1.54) is 10.5 Å². The van der Waals surface area contributed by atoms with Gasteiger partial charge in [0.1, 0.15) is 11.0 Å². The normalized spacial score (nSPS) is 17.0. The smallest absolute Gasteiger partial charge is 0.325 e. The molecular formula is C15H11IO2S. The Morgan fingerprint density at radius 3 is 2.63 bits per heavy atom. The molecular weight excluding hydrogens is 371 g/mol. The molecule has 19 heavy (non-hydrogen) atoms. The summed E-state index contributed by atoms with van der Waals surface area (Å²) in [5, 5.41) is -0.128. The maximum atomic E-state index is 12.1. The van der Waals surface area contributed by atoms with Crippen LogP contribution < -0.4 is 4.74 Å². The van der Waals surface area contributed by atoms with Gasteiger partial charge in [-0.25, -0.2) is 0 Å². The first-order valence-corrected chi connectivity index (χ1v) is 7.90. The molecule has 1 aliphatic heterocycles. The molecule has 0 fully saturated rings. The molecule has 1 unspecified atom stereocenters. The van der Waals surface area contributed by atoms with Gasteiger partial charge in [-0.2, -0.15) is 0 Å². The lowest BCUT2D eigenvalue weighted by Crippen LogP contribution is -2.22. The number of esters is 1. The van der Waals surface area contributed by atoms with E-state index in [0.29, 0.717) is 5.75 Å². The van der Waals surface area contributed by atoms with Gasteiger partial charge in [-0.05, 0) is 64.9 Å². The maximum Gasteiger partial charge on any atom is 0.325 e. The third-order valence-corrected chi connectivity index (χ3v) is 4.96. The number of rotatable bonds is 2. The lowest BCUT2D eigenvalue weighted by atomic mass is 10.1. The van der Waals surface area contributed by atoms with Crippen LogP contribution in [0.25, 0.3) is 0 Å². The van der Waals surface area contributed by atoms with Gasteiger partial charge in [-0.1, -0.05) is 18.2 Å². The highest BCUT2D eigenvalue weighted by Crippen LogP contribution is 2.37. The first-order chi connectivity index (χ1) is 9.22. The van der Waals surface area contributed by atoms with Gasteiger partial charge in [0.25, 0.3) is 0 Å². The Hall–Kier alpha value is -1.01. The van der Waals surface area contributed by atoms with Crippen LogP contribution in [0, 0.1) is 3.57 Å². The highest BCUT2D eigenvalue weighted by atomic mass is 127. The number of thioether (sulfide) groups is 1. The van der Waals surface area contributed by atoms with Crippen LogP contribution >= 0.6 is 34.4 Å². The van der Waals surface area contributed by atoms with Crippen molar-refractivity contribution in [2.75, 3.05) is 0 Å². The third-order valence-electron chi connectivity index (χ3n) is 2.94. The van der Waals surface area contributed by atoms with Crippen molar-refractivity contribution in [3.8, 4) is 5.75 Å². The van der Waals surface area contributed by atoms with Crippen molar-refractivity contribution < 1.29 is 9.53 Å². The summed E-state index contributed by atoms with van der Waals surface area (Å²) in [6, 6.07) is 15.6. The number of fused-ring (bicyclic) bond motifs is 1. The van der Waals surface area contributed by atoms with Gasteiger partial charge in [0, 0.05) is 8.47 Å².